The van der Waals surface area contributed by atoms with Crippen molar-refractivity contribution in [2.45, 2.75) is 6.04 Å². The Morgan fingerprint density at radius 2 is 2.12 bits per heavy atom. The number of benzene rings is 2. The molecule has 4 rings (SSSR count). The molecule has 0 saturated carbocycles. The Hall–Kier alpha value is -3.57. The van der Waals surface area contributed by atoms with Crippen molar-refractivity contribution in [3.8, 4) is 5.75 Å². The average molecular weight is 332 g/mol. The number of azo groups is 1. The van der Waals surface area contributed by atoms with Gasteiger partial charge in [0, 0.05) is 6.54 Å². The molecular formula is C17H12N6O2. The SMILES string of the molecule is [C-]#[N+]c1cnn2c1/N=N/c1cc3ccccc3c(c1O)C(=O)C2CN. The van der Waals surface area contributed by atoms with E-state index in [1.165, 1.54) is 10.9 Å². The molecule has 122 valence electrons. The molecule has 1 aliphatic rings. The Labute approximate surface area is 142 Å². The third-order valence-electron chi connectivity index (χ3n) is 4.19. The number of nitrogens with two attached hydrogens (primary N) is 1. The number of Topliss-reactive ketones (excluding diaryl/α,β-unsaturated/α-hetero) is 1. The summed E-state index contributed by atoms with van der Waals surface area (Å²) in [5, 5.41) is 24.1. The van der Waals surface area contributed by atoms with Crippen LogP contribution in [0.5, 0.6) is 5.75 Å². The monoisotopic (exact) mass is 332 g/mol. The van der Waals surface area contributed by atoms with E-state index in [-0.39, 0.29) is 35.1 Å². The van der Waals surface area contributed by atoms with E-state index in [1.54, 1.807) is 18.2 Å². The zero-order chi connectivity index (χ0) is 17.6. The third kappa shape index (κ3) is 2.10. The van der Waals surface area contributed by atoms with Crippen molar-refractivity contribution in [3.63, 3.8) is 0 Å². The molecule has 0 amide bonds. The summed E-state index contributed by atoms with van der Waals surface area (Å²) in [7, 11) is 0. The van der Waals surface area contributed by atoms with Crippen molar-refractivity contribution >= 4 is 33.7 Å². The molecule has 8 nitrogen and oxygen atoms in total. The lowest BCUT2D eigenvalue weighted by atomic mass is 9.95. The molecule has 0 spiro atoms. The van der Waals surface area contributed by atoms with Crippen LogP contribution in [0.15, 0.2) is 46.8 Å². The van der Waals surface area contributed by atoms with Gasteiger partial charge in [0.2, 0.25) is 0 Å². The van der Waals surface area contributed by atoms with Crippen LogP contribution in [0.2, 0.25) is 0 Å². The van der Waals surface area contributed by atoms with Crippen LogP contribution in [-0.4, -0.2) is 27.2 Å². The first kappa shape index (κ1) is 15.0. The highest BCUT2D eigenvalue weighted by atomic mass is 16.3. The summed E-state index contributed by atoms with van der Waals surface area (Å²) in [6.45, 7) is 7.17. The number of rotatable bonds is 1. The molecule has 1 atom stereocenters. The Morgan fingerprint density at radius 3 is 2.88 bits per heavy atom. The van der Waals surface area contributed by atoms with Crippen molar-refractivity contribution in [3.05, 3.63) is 53.5 Å². The van der Waals surface area contributed by atoms with Gasteiger partial charge in [0.05, 0.1) is 18.3 Å². The van der Waals surface area contributed by atoms with Gasteiger partial charge in [0.25, 0.3) is 5.69 Å². The van der Waals surface area contributed by atoms with Crippen molar-refractivity contribution < 1.29 is 9.90 Å². The van der Waals surface area contributed by atoms with Gasteiger partial charge in [-0.15, -0.1) is 10.2 Å². The number of hydrogen-bond donors (Lipinski definition) is 2. The lowest BCUT2D eigenvalue weighted by Crippen LogP contribution is -2.28. The van der Waals surface area contributed by atoms with Crippen molar-refractivity contribution in [2.75, 3.05) is 6.54 Å². The first-order chi connectivity index (χ1) is 12.2. The molecule has 0 fully saturated rings. The first-order valence-electron chi connectivity index (χ1n) is 7.51. The summed E-state index contributed by atoms with van der Waals surface area (Å²) in [5.74, 6) is -0.503. The number of hydrogen-bond acceptors (Lipinski definition) is 6. The molecule has 3 aromatic rings. The quantitative estimate of drug-likeness (QED) is 0.665. The van der Waals surface area contributed by atoms with Gasteiger partial charge >= 0.3 is 0 Å². The van der Waals surface area contributed by atoms with Gasteiger partial charge in [0.1, 0.15) is 11.7 Å². The fraction of sp³-hybridized carbons (Fsp3) is 0.118. The molecule has 0 saturated heterocycles. The number of carbonyl (C=O) groups is 1. The highest BCUT2D eigenvalue weighted by molar-refractivity contribution is 6.14. The maximum atomic E-state index is 13.2. The standard InChI is InChI=1S/C17H12N6O2/c1-19-12-8-20-23-13(7-18)16(25)14-10-5-3-2-4-9(10)6-11(15(14)24)21-22-17(12)23/h2-6,8,13,24H,7,18H2/b22-21+. The molecule has 0 radical (unpaired) electrons. The lowest BCUT2D eigenvalue weighted by molar-refractivity contribution is 0.0922. The van der Waals surface area contributed by atoms with Gasteiger partial charge in [-0.2, -0.15) is 5.10 Å². The zero-order valence-corrected chi connectivity index (χ0v) is 12.9. The molecule has 1 aliphatic heterocycles. The predicted molar refractivity (Wildman–Crippen MR) is 90.7 cm³/mol. The van der Waals surface area contributed by atoms with Gasteiger partial charge < -0.3 is 10.8 Å². The summed E-state index contributed by atoms with van der Waals surface area (Å²) in [6, 6.07) is 7.94. The molecular weight excluding hydrogens is 320 g/mol. The van der Waals surface area contributed by atoms with Crippen LogP contribution in [0.3, 0.4) is 0 Å². The summed E-state index contributed by atoms with van der Waals surface area (Å²) >= 11 is 0. The maximum absolute atomic E-state index is 13.2. The minimum atomic E-state index is -0.896. The number of ketones is 1. The lowest BCUT2D eigenvalue weighted by Gasteiger charge is -2.17. The summed E-state index contributed by atoms with van der Waals surface area (Å²) in [5.41, 5.74) is 6.27. The topological polar surface area (TPSA) is 110 Å². The smallest absolute Gasteiger partial charge is 0.251 e. The second kappa shape index (κ2) is 5.51. The Morgan fingerprint density at radius 1 is 1.32 bits per heavy atom. The Bertz CT molecular complexity index is 1090. The minimum Gasteiger partial charge on any atom is -0.505 e. The van der Waals surface area contributed by atoms with Crippen LogP contribution in [-0.2, 0) is 0 Å². The minimum absolute atomic E-state index is 0.0571. The van der Waals surface area contributed by atoms with Crippen LogP contribution in [0.25, 0.3) is 15.6 Å². The van der Waals surface area contributed by atoms with Crippen molar-refractivity contribution in [1.29, 1.82) is 0 Å². The summed E-state index contributed by atoms with van der Waals surface area (Å²) < 4.78 is 1.30. The van der Waals surface area contributed by atoms with Crippen molar-refractivity contribution in [1.82, 2.24) is 9.78 Å². The van der Waals surface area contributed by atoms with Crippen LogP contribution in [0.4, 0.5) is 17.2 Å². The van der Waals surface area contributed by atoms with Gasteiger partial charge in [-0.05, 0) is 16.8 Å². The highest BCUT2D eigenvalue weighted by Gasteiger charge is 2.31. The fourth-order valence-electron chi connectivity index (χ4n) is 2.98. The van der Waals surface area contributed by atoms with E-state index in [9.17, 15) is 9.90 Å². The predicted octanol–water partition coefficient (Wildman–Crippen LogP) is 3.40. The molecule has 2 bridgehead atoms. The van der Waals surface area contributed by atoms with Crippen LogP contribution in [0, 0.1) is 6.57 Å². The van der Waals surface area contributed by atoms with E-state index in [0.29, 0.717) is 5.39 Å². The number of fused-ring (bicyclic) bond motifs is 5. The number of phenols is 1. The van der Waals surface area contributed by atoms with E-state index < -0.39 is 11.8 Å². The van der Waals surface area contributed by atoms with Crippen LogP contribution >= 0.6 is 0 Å². The number of phenolic OH excluding ortho intramolecular Hbond substituents is 1. The molecule has 0 aliphatic carbocycles. The van der Waals surface area contributed by atoms with Gasteiger partial charge in [-0.1, -0.05) is 24.3 Å². The van der Waals surface area contributed by atoms with Crippen LogP contribution in [0.1, 0.15) is 16.4 Å². The second-order valence-electron chi connectivity index (χ2n) is 5.57. The molecule has 1 unspecified atom stereocenters. The van der Waals surface area contributed by atoms with Gasteiger partial charge in [-0.3, -0.25) is 4.79 Å². The number of aromatic hydroxyl groups is 1. The zero-order valence-electron chi connectivity index (χ0n) is 12.9. The average Bonchev–Trinajstić information content (AvgIpc) is 3.03. The third-order valence-corrected chi connectivity index (χ3v) is 4.19. The molecule has 1 aromatic heterocycles. The number of aromatic nitrogens is 2. The summed E-state index contributed by atoms with van der Waals surface area (Å²) in [6.07, 6.45) is 1.32. The molecule has 25 heavy (non-hydrogen) atoms. The van der Waals surface area contributed by atoms with E-state index in [2.05, 4.69) is 20.2 Å². The molecule has 3 N–H and O–H groups in total. The van der Waals surface area contributed by atoms with Crippen molar-refractivity contribution in [2.24, 2.45) is 16.0 Å². The van der Waals surface area contributed by atoms with Crippen LogP contribution < -0.4 is 5.73 Å². The second-order valence-corrected chi connectivity index (χ2v) is 5.57. The highest BCUT2D eigenvalue weighted by Crippen LogP contribution is 2.42. The largest absolute Gasteiger partial charge is 0.505 e. The Balaban J connectivity index is 2.10. The molecule has 2 aromatic carbocycles. The van der Waals surface area contributed by atoms with E-state index in [0.717, 1.165) is 5.39 Å². The van der Waals surface area contributed by atoms with Gasteiger partial charge in [-0.25, -0.2) is 9.53 Å². The fourth-order valence-corrected chi connectivity index (χ4v) is 2.98. The first-order valence-corrected chi connectivity index (χ1v) is 7.51. The number of carbonyl (C=O) groups excluding carboxylic acids is 1. The van der Waals surface area contributed by atoms with E-state index in [4.69, 9.17) is 12.3 Å². The summed E-state index contributed by atoms with van der Waals surface area (Å²) in [4.78, 5) is 16.5. The molecule has 2 heterocycles. The Kier molecular flexibility index (Phi) is 3.30. The number of nitrogens with zero attached hydrogens (tertiary/aromatic N) is 5. The normalized spacial score (nSPS) is 17.3. The van der Waals surface area contributed by atoms with Gasteiger partial charge in [0.15, 0.2) is 17.4 Å². The van der Waals surface area contributed by atoms with E-state index >= 15 is 0 Å². The molecule has 8 heteroatoms. The maximum Gasteiger partial charge on any atom is 0.251 e. The van der Waals surface area contributed by atoms with E-state index in [1.807, 2.05) is 12.1 Å².